The molecular weight excluding hydrogens is 371 g/mol. The van der Waals surface area contributed by atoms with Crippen LogP contribution in [-0.2, 0) is 4.79 Å². The molecule has 1 aromatic carbocycles. The van der Waals surface area contributed by atoms with Crippen molar-refractivity contribution in [1.29, 1.82) is 0 Å². The Labute approximate surface area is 169 Å². The molecule has 29 heavy (non-hydrogen) atoms. The van der Waals surface area contributed by atoms with Gasteiger partial charge in [0.05, 0.1) is 11.3 Å². The number of benzene rings is 1. The number of amides is 2. The first-order chi connectivity index (χ1) is 14.1. The summed E-state index contributed by atoms with van der Waals surface area (Å²) in [5.74, 6) is -0.308. The maximum Gasteiger partial charge on any atom is 0.253 e. The third kappa shape index (κ3) is 4.62. The van der Waals surface area contributed by atoms with E-state index in [1.54, 1.807) is 24.3 Å². The second-order valence-corrected chi connectivity index (χ2v) is 7.70. The lowest BCUT2D eigenvalue weighted by Gasteiger charge is -2.29. The summed E-state index contributed by atoms with van der Waals surface area (Å²) in [6.45, 7) is 3.21. The molecule has 1 aromatic heterocycles. The van der Waals surface area contributed by atoms with Gasteiger partial charge in [0.15, 0.2) is 0 Å². The van der Waals surface area contributed by atoms with Crippen molar-refractivity contribution >= 4 is 11.8 Å². The van der Waals surface area contributed by atoms with Crippen molar-refractivity contribution in [3.8, 4) is 11.3 Å². The number of piperazine rings is 1. The van der Waals surface area contributed by atoms with Crippen LogP contribution in [0.25, 0.3) is 11.3 Å². The predicted octanol–water partition coefficient (Wildman–Crippen LogP) is 2.22. The summed E-state index contributed by atoms with van der Waals surface area (Å²) in [6.07, 6.45) is 3.81. The Morgan fingerprint density at radius 2 is 1.97 bits per heavy atom. The van der Waals surface area contributed by atoms with Gasteiger partial charge < -0.3 is 15.5 Å². The minimum Gasteiger partial charge on any atom is -0.349 e. The van der Waals surface area contributed by atoms with E-state index in [0.717, 1.165) is 39.0 Å². The molecule has 0 radical (unpaired) electrons. The van der Waals surface area contributed by atoms with Gasteiger partial charge in [-0.2, -0.15) is 0 Å². The zero-order valence-corrected chi connectivity index (χ0v) is 16.2. The molecule has 2 heterocycles. The number of carbonyl (C=O) groups excluding carboxylic acids is 2. The van der Waals surface area contributed by atoms with Gasteiger partial charge >= 0.3 is 0 Å². The van der Waals surface area contributed by atoms with Gasteiger partial charge in [0.2, 0.25) is 5.91 Å². The van der Waals surface area contributed by atoms with Crippen LogP contribution in [0.15, 0.2) is 42.6 Å². The Bertz CT molecular complexity index is 881. The van der Waals surface area contributed by atoms with Crippen LogP contribution in [0.3, 0.4) is 0 Å². The van der Waals surface area contributed by atoms with E-state index in [-0.39, 0.29) is 29.6 Å². The Hall–Kier alpha value is -2.80. The fourth-order valence-electron chi connectivity index (χ4n) is 4.10. The van der Waals surface area contributed by atoms with Crippen molar-refractivity contribution in [3.05, 3.63) is 54.0 Å². The molecular formula is C22H25FN4O2. The molecule has 0 spiro atoms. The summed E-state index contributed by atoms with van der Waals surface area (Å²) in [5.41, 5.74) is 1.74. The average Bonchev–Trinajstić information content (AvgIpc) is 3.22. The minimum absolute atomic E-state index is 0.00209. The van der Waals surface area contributed by atoms with Crippen LogP contribution < -0.4 is 10.6 Å². The van der Waals surface area contributed by atoms with Crippen molar-refractivity contribution < 1.29 is 14.0 Å². The van der Waals surface area contributed by atoms with Gasteiger partial charge in [-0.25, -0.2) is 4.39 Å². The van der Waals surface area contributed by atoms with E-state index in [2.05, 4.69) is 15.6 Å². The van der Waals surface area contributed by atoms with Gasteiger partial charge in [-0.1, -0.05) is 12.1 Å². The molecule has 4 rings (SSSR count). The lowest BCUT2D eigenvalue weighted by atomic mass is 10.1. The van der Waals surface area contributed by atoms with Crippen molar-refractivity contribution in [2.75, 3.05) is 26.2 Å². The molecule has 1 aliphatic heterocycles. The molecule has 7 heteroatoms. The SMILES string of the molecule is O=C(N[C@H]1CC[C@@H](C(=O)N2CCNCC2)C1)c1ccc(-c2cccc(F)c2)nc1. The Kier molecular flexibility index (Phi) is 5.85. The van der Waals surface area contributed by atoms with Crippen molar-refractivity contribution in [2.24, 2.45) is 5.92 Å². The molecule has 152 valence electrons. The summed E-state index contributed by atoms with van der Waals surface area (Å²) < 4.78 is 13.4. The highest BCUT2D eigenvalue weighted by Gasteiger charge is 2.33. The van der Waals surface area contributed by atoms with Crippen LogP contribution in [-0.4, -0.2) is 53.9 Å². The van der Waals surface area contributed by atoms with Gasteiger partial charge in [-0.15, -0.1) is 0 Å². The van der Waals surface area contributed by atoms with Crippen LogP contribution in [0.2, 0.25) is 0 Å². The molecule has 1 aliphatic carbocycles. The first-order valence-electron chi connectivity index (χ1n) is 10.1. The van der Waals surface area contributed by atoms with Crippen molar-refractivity contribution in [2.45, 2.75) is 25.3 Å². The first-order valence-corrected chi connectivity index (χ1v) is 10.1. The average molecular weight is 396 g/mol. The molecule has 2 atom stereocenters. The molecule has 0 unspecified atom stereocenters. The van der Waals surface area contributed by atoms with E-state index in [4.69, 9.17) is 0 Å². The van der Waals surface area contributed by atoms with Crippen LogP contribution in [0.4, 0.5) is 4.39 Å². The number of nitrogens with zero attached hydrogens (tertiary/aromatic N) is 2. The molecule has 2 fully saturated rings. The number of rotatable bonds is 4. The van der Waals surface area contributed by atoms with Gasteiger partial charge in [0.25, 0.3) is 5.91 Å². The normalized spacial score (nSPS) is 21.8. The zero-order valence-electron chi connectivity index (χ0n) is 16.2. The monoisotopic (exact) mass is 396 g/mol. The lowest BCUT2D eigenvalue weighted by Crippen LogP contribution is -2.48. The Balaban J connectivity index is 1.33. The number of hydrogen-bond acceptors (Lipinski definition) is 4. The summed E-state index contributed by atoms with van der Waals surface area (Å²) in [4.78, 5) is 31.4. The molecule has 6 nitrogen and oxygen atoms in total. The van der Waals surface area contributed by atoms with E-state index in [9.17, 15) is 14.0 Å². The van der Waals surface area contributed by atoms with Gasteiger partial charge in [0.1, 0.15) is 5.82 Å². The van der Waals surface area contributed by atoms with Gasteiger partial charge in [-0.05, 0) is 43.5 Å². The largest absolute Gasteiger partial charge is 0.349 e. The number of aromatic nitrogens is 1. The van der Waals surface area contributed by atoms with Crippen LogP contribution >= 0.6 is 0 Å². The van der Waals surface area contributed by atoms with E-state index < -0.39 is 0 Å². The van der Waals surface area contributed by atoms with E-state index >= 15 is 0 Å². The highest BCUT2D eigenvalue weighted by molar-refractivity contribution is 5.94. The van der Waals surface area contributed by atoms with E-state index in [1.165, 1.54) is 18.3 Å². The first kappa shape index (κ1) is 19.5. The molecule has 0 bridgehead atoms. The third-order valence-corrected chi connectivity index (χ3v) is 5.69. The van der Waals surface area contributed by atoms with E-state index in [0.29, 0.717) is 23.2 Å². The quantitative estimate of drug-likeness (QED) is 0.831. The Morgan fingerprint density at radius 1 is 1.14 bits per heavy atom. The maximum absolute atomic E-state index is 13.4. The van der Waals surface area contributed by atoms with Gasteiger partial charge in [0, 0.05) is 49.9 Å². The molecule has 1 saturated carbocycles. The summed E-state index contributed by atoms with van der Waals surface area (Å²) in [6, 6.07) is 9.62. The smallest absolute Gasteiger partial charge is 0.253 e. The molecule has 2 N–H and O–H groups in total. The Morgan fingerprint density at radius 3 is 2.69 bits per heavy atom. The summed E-state index contributed by atoms with van der Waals surface area (Å²) in [5, 5.41) is 6.28. The standard InChI is InChI=1S/C22H25FN4O2/c23-18-3-1-2-15(12-18)20-7-5-17(14-25-20)21(28)26-19-6-4-16(13-19)22(29)27-10-8-24-9-11-27/h1-3,5,7,12,14,16,19,24H,4,6,8-11,13H2,(H,26,28)/t16-,19+/m1/s1. The molecule has 2 aromatic rings. The number of carbonyl (C=O) groups is 2. The third-order valence-electron chi connectivity index (χ3n) is 5.69. The fourth-order valence-corrected chi connectivity index (χ4v) is 4.10. The molecule has 2 aliphatic rings. The number of pyridine rings is 1. The lowest BCUT2D eigenvalue weighted by molar-refractivity contribution is -0.135. The second-order valence-electron chi connectivity index (χ2n) is 7.70. The van der Waals surface area contributed by atoms with Crippen LogP contribution in [0.1, 0.15) is 29.6 Å². The van der Waals surface area contributed by atoms with E-state index in [1.807, 2.05) is 4.90 Å². The number of halogens is 1. The number of hydrogen-bond donors (Lipinski definition) is 2. The fraction of sp³-hybridized carbons (Fsp3) is 0.409. The summed E-state index contributed by atoms with van der Waals surface area (Å²) in [7, 11) is 0. The molecule has 1 saturated heterocycles. The molecule has 2 amide bonds. The van der Waals surface area contributed by atoms with Gasteiger partial charge in [-0.3, -0.25) is 14.6 Å². The highest BCUT2D eigenvalue weighted by atomic mass is 19.1. The van der Waals surface area contributed by atoms with Crippen molar-refractivity contribution in [3.63, 3.8) is 0 Å². The number of nitrogens with one attached hydrogen (secondary N) is 2. The highest BCUT2D eigenvalue weighted by Crippen LogP contribution is 2.28. The zero-order chi connectivity index (χ0) is 20.2. The van der Waals surface area contributed by atoms with Crippen molar-refractivity contribution in [1.82, 2.24) is 20.5 Å². The topological polar surface area (TPSA) is 74.3 Å². The second kappa shape index (κ2) is 8.69. The van der Waals surface area contributed by atoms with Crippen LogP contribution in [0, 0.1) is 11.7 Å². The maximum atomic E-state index is 13.4. The predicted molar refractivity (Wildman–Crippen MR) is 108 cm³/mol. The summed E-state index contributed by atoms with van der Waals surface area (Å²) >= 11 is 0. The minimum atomic E-state index is -0.322. The van der Waals surface area contributed by atoms with Crippen LogP contribution in [0.5, 0.6) is 0 Å².